The number of nitrogens with zero attached hydrogens (tertiary/aromatic N) is 1. The maximum Gasteiger partial charge on any atom is 0.313 e. The Morgan fingerprint density at radius 2 is 2.00 bits per heavy atom. The minimum Gasteiger partial charge on any atom is -0.458 e. The summed E-state index contributed by atoms with van der Waals surface area (Å²) in [5.41, 5.74) is -0.471. The Morgan fingerprint density at radius 1 is 1.30 bits per heavy atom. The third-order valence-corrected chi connectivity index (χ3v) is 6.06. The van der Waals surface area contributed by atoms with Gasteiger partial charge >= 0.3 is 5.97 Å². The minimum absolute atomic E-state index is 0.0570. The van der Waals surface area contributed by atoms with Crippen LogP contribution in [0.2, 0.25) is 0 Å². The number of Topliss-reactive ketones (excluding diaryl/α,β-unsaturated/α-hetero) is 1. The number of benzene rings is 1. The molecule has 0 spiro atoms. The van der Waals surface area contributed by atoms with Crippen LogP contribution in [0.25, 0.3) is 4.85 Å². The third kappa shape index (κ3) is 4.05. The van der Waals surface area contributed by atoms with E-state index >= 15 is 0 Å². The van der Waals surface area contributed by atoms with Gasteiger partial charge in [-0.2, -0.15) is 0 Å². The van der Waals surface area contributed by atoms with Crippen molar-refractivity contribution in [3.63, 3.8) is 0 Å². The molecule has 1 heterocycles. The Balaban J connectivity index is 1.80. The van der Waals surface area contributed by atoms with E-state index in [1.165, 1.54) is 6.07 Å². The van der Waals surface area contributed by atoms with Gasteiger partial charge in [-0.1, -0.05) is 18.9 Å². The van der Waals surface area contributed by atoms with Crippen LogP contribution in [0.3, 0.4) is 0 Å². The van der Waals surface area contributed by atoms with Crippen LogP contribution in [0.5, 0.6) is 0 Å². The fourth-order valence-corrected chi connectivity index (χ4v) is 4.51. The third-order valence-electron chi connectivity index (χ3n) is 6.06. The van der Waals surface area contributed by atoms with Crippen molar-refractivity contribution >= 4 is 11.8 Å². The summed E-state index contributed by atoms with van der Waals surface area (Å²) >= 11 is 0. The van der Waals surface area contributed by atoms with Crippen LogP contribution in [0.15, 0.2) is 18.2 Å². The Bertz CT molecular complexity index is 771. The second-order valence-electron chi connectivity index (χ2n) is 8.40. The monoisotopic (exact) mass is 371 g/mol. The average Bonchev–Trinajstić information content (AvgIpc) is 3.14. The largest absolute Gasteiger partial charge is 0.458 e. The zero-order valence-corrected chi connectivity index (χ0v) is 16.0. The van der Waals surface area contributed by atoms with Gasteiger partial charge < -0.3 is 9.58 Å². The molecular weight excluding hydrogens is 345 g/mol. The van der Waals surface area contributed by atoms with E-state index in [2.05, 4.69) is 4.85 Å². The Kier molecular flexibility index (Phi) is 5.37. The number of ether oxygens (including phenoxy) is 1. The summed E-state index contributed by atoms with van der Waals surface area (Å²) in [6, 6.07) is 4.97. The molecule has 1 aliphatic carbocycles. The first-order valence-electron chi connectivity index (χ1n) is 9.67. The lowest BCUT2D eigenvalue weighted by atomic mass is 9.76. The Hall–Kier alpha value is -2.22. The number of cyclic esters (lactones) is 1. The molecule has 1 aliphatic heterocycles. The van der Waals surface area contributed by atoms with E-state index in [-0.39, 0.29) is 30.4 Å². The molecule has 1 saturated heterocycles. The van der Waals surface area contributed by atoms with Gasteiger partial charge in [-0.25, -0.2) is 11.0 Å². The van der Waals surface area contributed by atoms with Gasteiger partial charge in [0.05, 0.1) is 5.56 Å². The first-order valence-corrected chi connectivity index (χ1v) is 9.67. The van der Waals surface area contributed by atoms with Crippen LogP contribution in [-0.2, 0) is 26.3 Å². The molecular formula is C22H26FNO3. The second kappa shape index (κ2) is 7.42. The lowest BCUT2D eigenvalue weighted by Gasteiger charge is -2.41. The molecule has 3 rings (SSSR count). The summed E-state index contributed by atoms with van der Waals surface area (Å²) in [4.78, 5) is 27.6. The van der Waals surface area contributed by atoms with E-state index in [0.717, 1.165) is 31.2 Å². The lowest BCUT2D eigenvalue weighted by Crippen LogP contribution is -2.48. The predicted molar refractivity (Wildman–Crippen MR) is 99.4 cm³/mol. The first kappa shape index (κ1) is 19.5. The Labute approximate surface area is 159 Å². The van der Waals surface area contributed by atoms with Crippen molar-refractivity contribution < 1.29 is 18.7 Å². The minimum atomic E-state index is -0.904. The molecule has 1 unspecified atom stereocenters. The molecule has 0 N–H and O–H groups in total. The number of hydrogen-bond donors (Lipinski definition) is 0. The van der Waals surface area contributed by atoms with Crippen LogP contribution in [0, 0.1) is 18.3 Å². The lowest BCUT2D eigenvalue weighted by molar-refractivity contribution is -0.178. The number of rotatable bonds is 5. The number of halogens is 1. The standard InChI is InChI=1S/C22H26FNO3/c1-21(2,24-3)18-9-8-15(12-19(18)23)10-11-22(16-6-4-5-7-16)14-17(25)13-20(26)27-22/h8-9,12,16H,4-7,10-11,13-14H2,1-2H3. The van der Waals surface area contributed by atoms with Gasteiger partial charge in [0.15, 0.2) is 0 Å². The van der Waals surface area contributed by atoms with Crippen molar-refractivity contribution in [2.24, 2.45) is 5.92 Å². The molecule has 2 aliphatic rings. The van der Waals surface area contributed by atoms with Crippen molar-refractivity contribution in [2.45, 2.75) is 76.4 Å². The van der Waals surface area contributed by atoms with Crippen LogP contribution in [0.4, 0.5) is 4.39 Å². The molecule has 27 heavy (non-hydrogen) atoms. The van der Waals surface area contributed by atoms with Crippen molar-refractivity contribution in [1.82, 2.24) is 0 Å². The number of esters is 1. The van der Waals surface area contributed by atoms with Crippen molar-refractivity contribution in [1.29, 1.82) is 0 Å². The van der Waals surface area contributed by atoms with Crippen molar-refractivity contribution in [3.8, 4) is 0 Å². The molecule has 0 radical (unpaired) electrons. The quantitative estimate of drug-likeness (QED) is 0.426. The molecule has 0 amide bonds. The van der Waals surface area contributed by atoms with E-state index in [9.17, 15) is 14.0 Å². The number of carbonyl (C=O) groups is 2. The SMILES string of the molecule is [C-]#[N+]C(C)(C)c1ccc(CCC2(C3CCCC3)CC(=O)CC(=O)O2)cc1F. The summed E-state index contributed by atoms with van der Waals surface area (Å²) in [7, 11) is 0. The van der Waals surface area contributed by atoms with E-state index in [1.54, 1.807) is 19.9 Å². The van der Waals surface area contributed by atoms with Crippen LogP contribution in [0.1, 0.15) is 69.9 Å². The van der Waals surface area contributed by atoms with Gasteiger partial charge in [0.2, 0.25) is 0 Å². The molecule has 1 atom stereocenters. The molecule has 144 valence electrons. The van der Waals surface area contributed by atoms with Crippen molar-refractivity contribution in [3.05, 3.63) is 46.6 Å². The number of carbonyl (C=O) groups excluding carboxylic acids is 2. The summed E-state index contributed by atoms with van der Waals surface area (Å²) in [6.45, 7) is 10.6. The van der Waals surface area contributed by atoms with Crippen LogP contribution < -0.4 is 0 Å². The zero-order valence-electron chi connectivity index (χ0n) is 16.0. The highest BCUT2D eigenvalue weighted by molar-refractivity contribution is 5.98. The fourth-order valence-electron chi connectivity index (χ4n) is 4.51. The zero-order chi connectivity index (χ0) is 19.7. The number of ketones is 1. The maximum absolute atomic E-state index is 14.5. The molecule has 0 aromatic heterocycles. The van der Waals surface area contributed by atoms with E-state index in [1.807, 2.05) is 6.07 Å². The summed E-state index contributed by atoms with van der Waals surface area (Å²) in [5.74, 6) is -0.673. The summed E-state index contributed by atoms with van der Waals surface area (Å²) < 4.78 is 20.3. The normalized spacial score (nSPS) is 23.9. The van der Waals surface area contributed by atoms with E-state index in [0.29, 0.717) is 18.4 Å². The maximum atomic E-state index is 14.5. The Morgan fingerprint density at radius 3 is 2.59 bits per heavy atom. The summed E-state index contributed by atoms with van der Waals surface area (Å²) in [5, 5.41) is 0. The predicted octanol–water partition coefficient (Wildman–Crippen LogP) is 4.75. The van der Waals surface area contributed by atoms with Gasteiger partial charge in [0.25, 0.3) is 5.54 Å². The topological polar surface area (TPSA) is 47.7 Å². The van der Waals surface area contributed by atoms with Crippen LogP contribution >= 0.6 is 0 Å². The summed E-state index contributed by atoms with van der Waals surface area (Å²) in [6.07, 6.45) is 5.31. The van der Waals surface area contributed by atoms with E-state index < -0.39 is 17.1 Å². The second-order valence-corrected chi connectivity index (χ2v) is 8.40. The highest BCUT2D eigenvalue weighted by Crippen LogP contribution is 2.44. The highest BCUT2D eigenvalue weighted by Gasteiger charge is 2.47. The number of aryl methyl sites for hydroxylation is 1. The van der Waals surface area contributed by atoms with Gasteiger partial charge in [0, 0.05) is 20.3 Å². The molecule has 1 saturated carbocycles. The molecule has 2 fully saturated rings. The smallest absolute Gasteiger partial charge is 0.313 e. The van der Waals surface area contributed by atoms with E-state index in [4.69, 9.17) is 11.3 Å². The van der Waals surface area contributed by atoms with Gasteiger partial charge in [0.1, 0.15) is 23.6 Å². The first-order chi connectivity index (χ1) is 12.8. The van der Waals surface area contributed by atoms with Gasteiger partial charge in [-0.05, 0) is 49.3 Å². The average molecular weight is 371 g/mol. The molecule has 1 aromatic carbocycles. The number of hydrogen-bond acceptors (Lipinski definition) is 3. The molecule has 5 heteroatoms. The molecule has 0 bridgehead atoms. The molecule has 4 nitrogen and oxygen atoms in total. The molecule has 1 aromatic rings. The fraction of sp³-hybridized carbons (Fsp3) is 0.591. The van der Waals surface area contributed by atoms with Gasteiger partial charge in [-0.3, -0.25) is 9.59 Å². The van der Waals surface area contributed by atoms with Crippen molar-refractivity contribution in [2.75, 3.05) is 0 Å². The van der Waals surface area contributed by atoms with Gasteiger partial charge in [-0.15, -0.1) is 0 Å². The highest BCUT2D eigenvalue weighted by atomic mass is 19.1. The van der Waals surface area contributed by atoms with Crippen LogP contribution in [-0.4, -0.2) is 17.4 Å².